The molecule has 0 unspecified atom stereocenters. The van der Waals surface area contributed by atoms with Crippen LogP contribution >= 0.6 is 0 Å². The second kappa shape index (κ2) is 7.97. The lowest BCUT2D eigenvalue weighted by Crippen LogP contribution is -2.39. The van der Waals surface area contributed by atoms with E-state index in [1.807, 2.05) is 25.7 Å². The summed E-state index contributed by atoms with van der Waals surface area (Å²) < 4.78 is 13.2. The van der Waals surface area contributed by atoms with Gasteiger partial charge >= 0.3 is 0 Å². The number of amides is 1. The third kappa shape index (κ3) is 5.27. The van der Waals surface area contributed by atoms with Gasteiger partial charge in [0.25, 0.3) is 0 Å². The molecule has 20 heavy (non-hydrogen) atoms. The van der Waals surface area contributed by atoms with Gasteiger partial charge in [-0.25, -0.2) is 4.39 Å². The largest absolute Gasteiger partial charge is 0.353 e. The van der Waals surface area contributed by atoms with Crippen LogP contribution in [-0.2, 0) is 17.9 Å². The van der Waals surface area contributed by atoms with Crippen LogP contribution in [0, 0.1) is 5.82 Å². The number of nitrogens with zero attached hydrogens (tertiary/aromatic N) is 1. The van der Waals surface area contributed by atoms with Crippen molar-refractivity contribution in [2.45, 2.75) is 39.9 Å². The molecule has 0 saturated carbocycles. The quantitative estimate of drug-likeness (QED) is 0.798. The molecule has 0 bridgehead atoms. The summed E-state index contributed by atoms with van der Waals surface area (Å²) in [6, 6.07) is 4.75. The third-order valence-electron chi connectivity index (χ3n) is 3.05. The zero-order valence-corrected chi connectivity index (χ0v) is 12.4. The topological polar surface area (TPSA) is 58.4 Å². The van der Waals surface area contributed by atoms with E-state index < -0.39 is 0 Å². The average Bonchev–Trinajstić information content (AvgIpc) is 2.38. The van der Waals surface area contributed by atoms with Gasteiger partial charge in [0.2, 0.25) is 5.91 Å². The fourth-order valence-electron chi connectivity index (χ4n) is 2.03. The first-order valence-electron chi connectivity index (χ1n) is 6.95. The summed E-state index contributed by atoms with van der Waals surface area (Å²) in [4.78, 5) is 13.8. The molecule has 1 amide bonds. The van der Waals surface area contributed by atoms with E-state index in [1.54, 1.807) is 6.07 Å². The van der Waals surface area contributed by atoms with Gasteiger partial charge in [-0.15, -0.1) is 0 Å². The summed E-state index contributed by atoms with van der Waals surface area (Å²) >= 11 is 0. The number of hydrogen-bond acceptors (Lipinski definition) is 3. The van der Waals surface area contributed by atoms with Crippen molar-refractivity contribution in [3.05, 3.63) is 35.1 Å². The maximum absolute atomic E-state index is 13.2. The Labute approximate surface area is 120 Å². The Kier molecular flexibility index (Phi) is 6.61. The normalized spacial score (nSPS) is 11.2. The number of carbonyl (C=O) groups excluding carboxylic acids is 1. The molecule has 0 aliphatic heterocycles. The minimum atomic E-state index is -0.283. The highest BCUT2D eigenvalue weighted by Gasteiger charge is 2.12. The molecule has 0 aliphatic rings. The van der Waals surface area contributed by atoms with Crippen molar-refractivity contribution in [1.82, 2.24) is 10.2 Å². The first-order valence-corrected chi connectivity index (χ1v) is 6.95. The molecule has 1 rings (SSSR count). The number of nitrogens with two attached hydrogens (primary N) is 1. The summed E-state index contributed by atoms with van der Waals surface area (Å²) in [5, 5.41) is 2.87. The Balaban J connectivity index is 2.71. The standard InChI is InChI=1S/C15H24FN3O/c1-4-19(10-15(20)18-11(2)3)9-12-5-6-14(16)7-13(12)8-17/h5-7,11H,4,8-10,17H2,1-3H3,(H,18,20). The molecule has 0 atom stereocenters. The zero-order chi connectivity index (χ0) is 15.1. The van der Waals surface area contributed by atoms with E-state index >= 15 is 0 Å². The minimum absolute atomic E-state index is 0.00161. The molecular weight excluding hydrogens is 257 g/mol. The Hall–Kier alpha value is -1.46. The van der Waals surface area contributed by atoms with E-state index in [1.165, 1.54) is 12.1 Å². The lowest BCUT2D eigenvalue weighted by molar-refractivity contribution is -0.122. The van der Waals surface area contributed by atoms with E-state index in [4.69, 9.17) is 5.73 Å². The van der Waals surface area contributed by atoms with Crippen LogP contribution in [0.3, 0.4) is 0 Å². The molecule has 5 heteroatoms. The molecule has 0 fully saturated rings. The van der Waals surface area contributed by atoms with Crippen LogP contribution in [0.5, 0.6) is 0 Å². The molecule has 1 aromatic carbocycles. The fraction of sp³-hybridized carbons (Fsp3) is 0.533. The molecule has 0 saturated heterocycles. The zero-order valence-electron chi connectivity index (χ0n) is 12.4. The molecule has 1 aromatic rings. The number of nitrogens with one attached hydrogen (secondary N) is 1. The highest BCUT2D eigenvalue weighted by Crippen LogP contribution is 2.13. The predicted octanol–water partition coefficient (Wildman–Crippen LogP) is 1.63. The second-order valence-corrected chi connectivity index (χ2v) is 5.14. The van der Waals surface area contributed by atoms with Crippen LogP contribution < -0.4 is 11.1 Å². The highest BCUT2D eigenvalue weighted by atomic mass is 19.1. The summed E-state index contributed by atoms with van der Waals surface area (Å²) in [5.41, 5.74) is 7.39. The van der Waals surface area contributed by atoms with Crippen molar-refractivity contribution < 1.29 is 9.18 Å². The fourth-order valence-corrected chi connectivity index (χ4v) is 2.03. The molecule has 112 valence electrons. The van der Waals surface area contributed by atoms with Gasteiger partial charge in [-0.2, -0.15) is 0 Å². The van der Waals surface area contributed by atoms with Crippen LogP contribution in [0.2, 0.25) is 0 Å². The number of benzene rings is 1. The van der Waals surface area contributed by atoms with Crippen LogP contribution in [0.15, 0.2) is 18.2 Å². The first-order chi connectivity index (χ1) is 9.46. The molecule has 0 radical (unpaired) electrons. The van der Waals surface area contributed by atoms with E-state index in [2.05, 4.69) is 5.32 Å². The molecule has 0 spiro atoms. The van der Waals surface area contributed by atoms with Gasteiger partial charge in [-0.05, 0) is 43.7 Å². The van der Waals surface area contributed by atoms with Gasteiger partial charge in [0.15, 0.2) is 0 Å². The van der Waals surface area contributed by atoms with Crippen LogP contribution in [-0.4, -0.2) is 29.9 Å². The smallest absolute Gasteiger partial charge is 0.234 e. The lowest BCUT2D eigenvalue weighted by Gasteiger charge is -2.22. The number of likely N-dealkylation sites (N-methyl/N-ethyl adjacent to an activating group) is 1. The van der Waals surface area contributed by atoms with Crippen molar-refractivity contribution in [2.24, 2.45) is 5.73 Å². The van der Waals surface area contributed by atoms with Gasteiger partial charge in [0.1, 0.15) is 5.82 Å². The molecular formula is C15H24FN3O. The molecule has 4 nitrogen and oxygen atoms in total. The number of rotatable bonds is 7. The first kappa shape index (κ1) is 16.6. The molecule has 0 aromatic heterocycles. The van der Waals surface area contributed by atoms with E-state index in [-0.39, 0.29) is 17.8 Å². The van der Waals surface area contributed by atoms with E-state index in [0.717, 1.165) is 17.7 Å². The number of hydrogen-bond donors (Lipinski definition) is 2. The SMILES string of the molecule is CCN(CC(=O)NC(C)C)Cc1ccc(F)cc1CN. The van der Waals surface area contributed by atoms with Gasteiger partial charge in [0.05, 0.1) is 6.54 Å². The van der Waals surface area contributed by atoms with Gasteiger partial charge in [-0.1, -0.05) is 13.0 Å². The summed E-state index contributed by atoms with van der Waals surface area (Å²) in [5.74, 6) is -0.284. The minimum Gasteiger partial charge on any atom is -0.353 e. The molecule has 0 aliphatic carbocycles. The van der Waals surface area contributed by atoms with Gasteiger partial charge < -0.3 is 11.1 Å². The summed E-state index contributed by atoms with van der Waals surface area (Å²) in [7, 11) is 0. The summed E-state index contributed by atoms with van der Waals surface area (Å²) in [6.07, 6.45) is 0. The van der Waals surface area contributed by atoms with Crippen molar-refractivity contribution in [2.75, 3.05) is 13.1 Å². The van der Waals surface area contributed by atoms with E-state index in [9.17, 15) is 9.18 Å². The van der Waals surface area contributed by atoms with Crippen LogP contribution in [0.1, 0.15) is 31.9 Å². The predicted molar refractivity (Wildman–Crippen MR) is 78.5 cm³/mol. The Morgan fingerprint density at radius 1 is 1.40 bits per heavy atom. The number of halogens is 1. The van der Waals surface area contributed by atoms with E-state index in [0.29, 0.717) is 19.6 Å². The molecule has 0 heterocycles. The van der Waals surface area contributed by atoms with Crippen LogP contribution in [0.25, 0.3) is 0 Å². The van der Waals surface area contributed by atoms with Crippen LogP contribution in [0.4, 0.5) is 4.39 Å². The van der Waals surface area contributed by atoms with Gasteiger partial charge in [-0.3, -0.25) is 9.69 Å². The van der Waals surface area contributed by atoms with Crippen molar-refractivity contribution >= 4 is 5.91 Å². The monoisotopic (exact) mass is 281 g/mol. The lowest BCUT2D eigenvalue weighted by atomic mass is 10.1. The Morgan fingerprint density at radius 3 is 2.65 bits per heavy atom. The number of carbonyl (C=O) groups is 1. The third-order valence-corrected chi connectivity index (χ3v) is 3.05. The molecule has 3 N–H and O–H groups in total. The Morgan fingerprint density at radius 2 is 2.10 bits per heavy atom. The maximum Gasteiger partial charge on any atom is 0.234 e. The van der Waals surface area contributed by atoms with Gasteiger partial charge in [0, 0.05) is 19.1 Å². The van der Waals surface area contributed by atoms with Crippen molar-refractivity contribution in [1.29, 1.82) is 0 Å². The summed E-state index contributed by atoms with van der Waals surface area (Å²) in [6.45, 7) is 7.82. The average molecular weight is 281 g/mol. The van der Waals surface area contributed by atoms with Crippen molar-refractivity contribution in [3.63, 3.8) is 0 Å². The highest BCUT2D eigenvalue weighted by molar-refractivity contribution is 5.78. The Bertz CT molecular complexity index is 449. The second-order valence-electron chi connectivity index (χ2n) is 5.14. The maximum atomic E-state index is 13.2. The van der Waals surface area contributed by atoms with Crippen molar-refractivity contribution in [3.8, 4) is 0 Å².